The van der Waals surface area contributed by atoms with E-state index in [0.717, 1.165) is 16.0 Å². The first-order valence-electron chi connectivity index (χ1n) is 8.54. The molecule has 1 unspecified atom stereocenters. The highest BCUT2D eigenvalue weighted by molar-refractivity contribution is 8.00. The SMILES string of the molecule is COc1ccc(C(C#N)(CC#CCCO)Sc2ccc(C)cc2)cc1OC. The fraction of sp³-hybridized carbons (Fsp3) is 0.318. The van der Waals surface area contributed by atoms with Crippen LogP contribution in [0, 0.1) is 30.1 Å². The average Bonchev–Trinajstić information content (AvgIpc) is 2.71. The molecule has 0 spiro atoms. The van der Waals surface area contributed by atoms with Crippen LogP contribution in [0.3, 0.4) is 0 Å². The molecule has 0 saturated carbocycles. The van der Waals surface area contributed by atoms with Gasteiger partial charge in [0.05, 0.1) is 26.9 Å². The summed E-state index contributed by atoms with van der Waals surface area (Å²) in [5.74, 6) is 7.15. The maximum atomic E-state index is 10.1. The van der Waals surface area contributed by atoms with Crippen LogP contribution in [0.15, 0.2) is 47.4 Å². The first-order chi connectivity index (χ1) is 13.1. The molecular formula is C22H23NO3S. The summed E-state index contributed by atoms with van der Waals surface area (Å²) < 4.78 is 9.82. The number of thioether (sulfide) groups is 1. The molecule has 0 aromatic heterocycles. The fourth-order valence-electron chi connectivity index (χ4n) is 2.55. The largest absolute Gasteiger partial charge is 0.493 e. The van der Waals surface area contributed by atoms with Gasteiger partial charge in [0.1, 0.15) is 4.75 Å². The molecule has 0 amide bonds. The number of nitriles is 1. The predicted molar refractivity (Wildman–Crippen MR) is 108 cm³/mol. The number of hydrogen-bond donors (Lipinski definition) is 1. The molecule has 0 heterocycles. The van der Waals surface area contributed by atoms with E-state index in [1.54, 1.807) is 20.3 Å². The van der Waals surface area contributed by atoms with E-state index in [0.29, 0.717) is 24.3 Å². The summed E-state index contributed by atoms with van der Waals surface area (Å²) in [6.45, 7) is 2.04. The first-order valence-corrected chi connectivity index (χ1v) is 9.36. The molecule has 27 heavy (non-hydrogen) atoms. The minimum atomic E-state index is -0.905. The Morgan fingerprint density at radius 3 is 2.33 bits per heavy atom. The number of methoxy groups -OCH3 is 2. The van der Waals surface area contributed by atoms with Gasteiger partial charge < -0.3 is 14.6 Å². The summed E-state index contributed by atoms with van der Waals surface area (Å²) in [6.07, 6.45) is 0.722. The van der Waals surface area contributed by atoms with Crippen LogP contribution in [0.25, 0.3) is 0 Å². The summed E-state index contributed by atoms with van der Waals surface area (Å²) >= 11 is 1.47. The van der Waals surface area contributed by atoms with Gasteiger partial charge >= 0.3 is 0 Å². The minimum Gasteiger partial charge on any atom is -0.493 e. The van der Waals surface area contributed by atoms with Crippen molar-refractivity contribution in [2.24, 2.45) is 0 Å². The van der Waals surface area contributed by atoms with E-state index >= 15 is 0 Å². The second kappa shape index (κ2) is 9.92. The average molecular weight is 381 g/mol. The number of nitrogens with zero attached hydrogens (tertiary/aromatic N) is 1. The van der Waals surface area contributed by atoms with Crippen molar-refractivity contribution in [2.75, 3.05) is 20.8 Å². The standard InChI is InChI=1S/C22H23NO3S/c1-17-7-10-19(11-8-17)27-22(16-23,13-5-4-6-14-24)18-9-12-20(25-2)21(15-18)26-3/h7-12,15,24H,6,13-14H2,1-3H3. The lowest BCUT2D eigenvalue weighted by Crippen LogP contribution is -2.19. The molecule has 1 atom stereocenters. The minimum absolute atomic E-state index is 0.00795. The first kappa shape index (κ1) is 20.7. The van der Waals surface area contributed by atoms with Gasteiger partial charge in [-0.25, -0.2) is 0 Å². The topological polar surface area (TPSA) is 62.5 Å². The molecule has 140 valence electrons. The van der Waals surface area contributed by atoms with E-state index in [1.807, 2.05) is 43.3 Å². The Morgan fingerprint density at radius 2 is 1.74 bits per heavy atom. The van der Waals surface area contributed by atoms with Crippen molar-refractivity contribution in [1.29, 1.82) is 5.26 Å². The summed E-state index contributed by atoms with van der Waals surface area (Å²) in [5, 5.41) is 19.1. The monoisotopic (exact) mass is 381 g/mol. The number of aliphatic hydroxyl groups excluding tert-OH is 1. The van der Waals surface area contributed by atoms with E-state index in [9.17, 15) is 5.26 Å². The number of rotatable bonds is 7. The van der Waals surface area contributed by atoms with Crippen LogP contribution in [0.4, 0.5) is 0 Å². The fourth-order valence-corrected chi connectivity index (χ4v) is 3.66. The molecule has 0 aliphatic carbocycles. The molecule has 0 aliphatic rings. The lowest BCUT2D eigenvalue weighted by atomic mass is 9.95. The molecule has 5 heteroatoms. The number of ether oxygens (including phenoxy) is 2. The van der Waals surface area contributed by atoms with E-state index in [1.165, 1.54) is 11.8 Å². The van der Waals surface area contributed by atoms with Gasteiger partial charge in [-0.1, -0.05) is 35.5 Å². The van der Waals surface area contributed by atoms with Crippen molar-refractivity contribution >= 4 is 11.8 Å². The molecular weight excluding hydrogens is 358 g/mol. The Kier molecular flexibility index (Phi) is 7.61. The van der Waals surface area contributed by atoms with Gasteiger partial charge in [-0.15, -0.1) is 11.8 Å². The summed E-state index contributed by atoms with van der Waals surface area (Å²) in [7, 11) is 3.15. The molecule has 0 fully saturated rings. The molecule has 0 aliphatic heterocycles. The number of hydrogen-bond acceptors (Lipinski definition) is 5. The Balaban J connectivity index is 2.49. The van der Waals surface area contributed by atoms with E-state index in [4.69, 9.17) is 14.6 Å². The number of aryl methyl sites for hydroxylation is 1. The summed E-state index contributed by atoms with van der Waals surface area (Å²) in [4.78, 5) is 0.987. The Morgan fingerprint density at radius 1 is 1.04 bits per heavy atom. The maximum absolute atomic E-state index is 10.1. The zero-order chi connectivity index (χ0) is 19.7. The summed E-state index contributed by atoms with van der Waals surface area (Å²) in [6, 6.07) is 16.0. The quantitative estimate of drug-likeness (QED) is 0.572. The van der Waals surface area contributed by atoms with Crippen molar-refractivity contribution in [3.63, 3.8) is 0 Å². The Bertz CT molecular complexity index is 862. The Labute approximate surface area is 165 Å². The van der Waals surface area contributed by atoms with Gasteiger partial charge in [0.15, 0.2) is 11.5 Å². The Hall–Kier alpha value is -2.60. The van der Waals surface area contributed by atoms with E-state index < -0.39 is 4.75 Å². The summed E-state index contributed by atoms with van der Waals surface area (Å²) in [5.41, 5.74) is 1.96. The van der Waals surface area contributed by atoms with Crippen molar-refractivity contribution in [3.05, 3.63) is 53.6 Å². The van der Waals surface area contributed by atoms with Crippen molar-refractivity contribution in [1.82, 2.24) is 0 Å². The molecule has 4 nitrogen and oxygen atoms in total. The second-order valence-corrected chi connectivity index (χ2v) is 7.30. The van der Waals surface area contributed by atoms with Crippen LogP contribution in [0.5, 0.6) is 11.5 Å². The van der Waals surface area contributed by atoms with Crippen LogP contribution >= 0.6 is 11.8 Å². The molecule has 2 rings (SSSR count). The van der Waals surface area contributed by atoms with Gasteiger partial charge in [-0.2, -0.15) is 5.26 Å². The normalized spacial score (nSPS) is 12.3. The van der Waals surface area contributed by atoms with Gasteiger partial charge in [-0.05, 0) is 36.8 Å². The molecule has 0 saturated heterocycles. The second-order valence-electron chi connectivity index (χ2n) is 5.93. The van der Waals surface area contributed by atoms with Crippen molar-refractivity contribution < 1.29 is 14.6 Å². The zero-order valence-corrected chi connectivity index (χ0v) is 16.6. The van der Waals surface area contributed by atoms with Crippen LogP contribution in [-0.4, -0.2) is 25.9 Å². The highest BCUT2D eigenvalue weighted by Crippen LogP contribution is 2.45. The van der Waals surface area contributed by atoms with Crippen LogP contribution in [0.1, 0.15) is 24.0 Å². The van der Waals surface area contributed by atoms with Crippen LogP contribution < -0.4 is 9.47 Å². The van der Waals surface area contributed by atoms with Gasteiger partial charge in [0.2, 0.25) is 0 Å². The highest BCUT2D eigenvalue weighted by Gasteiger charge is 2.34. The maximum Gasteiger partial charge on any atom is 0.161 e. The molecule has 2 aromatic rings. The van der Waals surface area contributed by atoms with Crippen molar-refractivity contribution in [2.45, 2.75) is 29.4 Å². The third-order valence-electron chi connectivity index (χ3n) is 4.04. The highest BCUT2D eigenvalue weighted by atomic mass is 32.2. The smallest absolute Gasteiger partial charge is 0.161 e. The lowest BCUT2D eigenvalue weighted by Gasteiger charge is -2.25. The molecule has 1 N–H and O–H groups in total. The third kappa shape index (κ3) is 5.20. The number of aliphatic hydroxyl groups is 1. The van der Waals surface area contributed by atoms with Gasteiger partial charge in [0.25, 0.3) is 0 Å². The third-order valence-corrected chi connectivity index (χ3v) is 5.37. The number of benzene rings is 2. The molecule has 0 radical (unpaired) electrons. The predicted octanol–water partition coefficient (Wildman–Crippen LogP) is 4.30. The lowest BCUT2D eigenvalue weighted by molar-refractivity contribution is 0.305. The van der Waals surface area contributed by atoms with Crippen LogP contribution in [0.2, 0.25) is 0 Å². The zero-order valence-electron chi connectivity index (χ0n) is 15.8. The van der Waals surface area contributed by atoms with E-state index in [-0.39, 0.29) is 6.61 Å². The molecule has 0 bridgehead atoms. The van der Waals surface area contributed by atoms with Crippen molar-refractivity contribution in [3.8, 4) is 29.4 Å². The van der Waals surface area contributed by atoms with E-state index in [2.05, 4.69) is 17.9 Å². The van der Waals surface area contributed by atoms with Gasteiger partial charge in [0, 0.05) is 17.7 Å². The van der Waals surface area contributed by atoms with Crippen LogP contribution in [-0.2, 0) is 4.75 Å². The van der Waals surface area contributed by atoms with Gasteiger partial charge in [-0.3, -0.25) is 0 Å². The molecule has 2 aromatic carbocycles.